The van der Waals surface area contributed by atoms with Gasteiger partial charge in [-0.1, -0.05) is 44.9 Å². The van der Waals surface area contributed by atoms with Crippen molar-refractivity contribution in [2.75, 3.05) is 23.0 Å². The first-order valence-corrected chi connectivity index (χ1v) is 10.5. The molecule has 0 saturated carbocycles. The van der Waals surface area contributed by atoms with Gasteiger partial charge in [-0.2, -0.15) is 12.6 Å². The van der Waals surface area contributed by atoms with Gasteiger partial charge in [-0.15, -0.1) is 0 Å². The quantitative estimate of drug-likeness (QED) is 0.312. The van der Waals surface area contributed by atoms with Gasteiger partial charge in [-0.25, -0.2) is 4.98 Å². The van der Waals surface area contributed by atoms with E-state index in [1.54, 1.807) is 12.1 Å². The summed E-state index contributed by atoms with van der Waals surface area (Å²) in [7, 11) is 0. The molecule has 1 heterocycles. The molecule has 27 heavy (non-hydrogen) atoms. The van der Waals surface area contributed by atoms with Crippen molar-refractivity contribution in [3.8, 4) is 5.75 Å². The predicted molar refractivity (Wildman–Crippen MR) is 114 cm³/mol. The molecule has 0 atom stereocenters. The molecule has 6 nitrogen and oxygen atoms in total. The van der Waals surface area contributed by atoms with Crippen LogP contribution >= 0.6 is 12.6 Å². The second-order valence-electron chi connectivity index (χ2n) is 6.69. The predicted octanol–water partition coefficient (Wildman–Crippen LogP) is 4.82. The molecular formula is C20H33N3O3S. The van der Waals surface area contributed by atoms with Crippen LogP contribution in [0.1, 0.15) is 71.6 Å². The highest BCUT2D eigenvalue weighted by Crippen LogP contribution is 2.21. The first-order chi connectivity index (χ1) is 13.0. The van der Waals surface area contributed by atoms with Crippen LogP contribution in [-0.2, 0) is 9.59 Å². The van der Waals surface area contributed by atoms with Crippen LogP contribution in [0.4, 0.5) is 11.6 Å². The molecule has 1 aromatic rings. The maximum absolute atomic E-state index is 11.2. The number of amides is 2. The van der Waals surface area contributed by atoms with E-state index >= 15 is 0 Å². The average molecular weight is 396 g/mol. The van der Waals surface area contributed by atoms with Crippen molar-refractivity contribution >= 4 is 36.1 Å². The van der Waals surface area contributed by atoms with E-state index in [-0.39, 0.29) is 11.8 Å². The molecule has 1 aromatic heterocycles. The van der Waals surface area contributed by atoms with Gasteiger partial charge in [-0.3, -0.25) is 9.59 Å². The highest BCUT2D eigenvalue weighted by atomic mass is 32.1. The molecule has 7 heteroatoms. The Hall–Kier alpha value is -1.76. The monoisotopic (exact) mass is 395 g/mol. The summed E-state index contributed by atoms with van der Waals surface area (Å²) in [6.45, 7) is 3.42. The number of nitrogens with one attached hydrogen (secondary N) is 2. The molecule has 1 rings (SSSR count). The van der Waals surface area contributed by atoms with Crippen LogP contribution in [0.15, 0.2) is 12.1 Å². The highest BCUT2D eigenvalue weighted by Gasteiger charge is 2.06. The van der Waals surface area contributed by atoms with Crippen molar-refractivity contribution in [2.45, 2.75) is 71.6 Å². The number of ether oxygens (including phenoxy) is 1. The smallest absolute Gasteiger partial charge is 0.222 e. The zero-order valence-corrected chi connectivity index (χ0v) is 17.4. The second-order valence-corrected chi connectivity index (χ2v) is 7.14. The first-order valence-electron chi connectivity index (χ1n) is 9.82. The third kappa shape index (κ3) is 12.3. The number of carbonyl (C=O) groups is 2. The van der Waals surface area contributed by atoms with Gasteiger partial charge >= 0.3 is 0 Å². The summed E-state index contributed by atoms with van der Waals surface area (Å²) in [5, 5.41) is 5.23. The van der Waals surface area contributed by atoms with Crippen molar-refractivity contribution in [2.24, 2.45) is 0 Å². The van der Waals surface area contributed by atoms with Crippen molar-refractivity contribution in [3.63, 3.8) is 0 Å². The summed E-state index contributed by atoms with van der Waals surface area (Å²) < 4.78 is 5.77. The van der Waals surface area contributed by atoms with Crippen LogP contribution in [0.2, 0.25) is 0 Å². The van der Waals surface area contributed by atoms with Crippen molar-refractivity contribution in [1.29, 1.82) is 0 Å². The summed E-state index contributed by atoms with van der Waals surface area (Å²) in [4.78, 5) is 26.6. The molecule has 152 valence electrons. The van der Waals surface area contributed by atoms with Gasteiger partial charge in [-0.05, 0) is 18.6 Å². The van der Waals surface area contributed by atoms with E-state index in [0.29, 0.717) is 24.0 Å². The Labute approximate surface area is 168 Å². The standard InChI is InChI=1S/C20H33N3O3S/c1-16(24)21-19-14-18(15-20(23-19)22-17(2)25)26-12-10-8-6-4-3-5-7-9-11-13-27/h14-15,27H,3-13H2,1-2H3,(H2,21,22,23,24,25). The summed E-state index contributed by atoms with van der Waals surface area (Å²) >= 11 is 4.23. The average Bonchev–Trinajstić information content (AvgIpc) is 2.58. The van der Waals surface area contributed by atoms with E-state index in [2.05, 4.69) is 28.2 Å². The molecule has 0 aromatic carbocycles. The number of unbranched alkanes of at least 4 members (excludes halogenated alkanes) is 8. The fourth-order valence-electron chi connectivity index (χ4n) is 2.72. The lowest BCUT2D eigenvalue weighted by Gasteiger charge is -2.11. The highest BCUT2D eigenvalue weighted by molar-refractivity contribution is 7.80. The second kappa shape index (κ2) is 14.3. The lowest BCUT2D eigenvalue weighted by atomic mass is 10.1. The Kier molecular flexibility index (Phi) is 12.3. The molecule has 0 aliphatic heterocycles. The van der Waals surface area contributed by atoms with Crippen LogP contribution in [-0.4, -0.2) is 29.2 Å². The Morgan fingerprint density at radius 1 is 0.852 bits per heavy atom. The van der Waals surface area contributed by atoms with Crippen molar-refractivity contribution < 1.29 is 14.3 Å². The van der Waals surface area contributed by atoms with E-state index in [4.69, 9.17) is 4.74 Å². The Morgan fingerprint density at radius 2 is 1.30 bits per heavy atom. The lowest BCUT2D eigenvalue weighted by Crippen LogP contribution is -2.12. The normalized spacial score (nSPS) is 10.5. The molecule has 0 saturated heterocycles. The molecule has 0 spiro atoms. The Bertz CT molecular complexity index is 547. The van der Waals surface area contributed by atoms with Gasteiger partial charge in [0.25, 0.3) is 0 Å². The largest absolute Gasteiger partial charge is 0.493 e. The van der Waals surface area contributed by atoms with Crippen LogP contribution < -0.4 is 15.4 Å². The third-order valence-corrected chi connectivity index (χ3v) is 4.29. The van der Waals surface area contributed by atoms with E-state index < -0.39 is 0 Å². The van der Waals surface area contributed by atoms with Gasteiger partial charge in [0.15, 0.2) is 0 Å². The van der Waals surface area contributed by atoms with Crippen LogP contribution in [0.25, 0.3) is 0 Å². The molecule has 2 amide bonds. The molecular weight excluding hydrogens is 362 g/mol. The minimum atomic E-state index is -0.223. The van der Waals surface area contributed by atoms with Crippen LogP contribution in [0.5, 0.6) is 5.75 Å². The number of carbonyl (C=O) groups excluding carboxylic acids is 2. The molecule has 0 aliphatic rings. The number of anilines is 2. The lowest BCUT2D eigenvalue weighted by molar-refractivity contribution is -0.115. The van der Waals surface area contributed by atoms with Gasteiger partial charge in [0, 0.05) is 26.0 Å². The van der Waals surface area contributed by atoms with Gasteiger partial charge < -0.3 is 15.4 Å². The molecule has 0 unspecified atom stereocenters. The van der Waals surface area contributed by atoms with Crippen LogP contribution in [0, 0.1) is 0 Å². The number of rotatable bonds is 14. The number of hydrogen-bond donors (Lipinski definition) is 3. The zero-order chi connectivity index (χ0) is 19.9. The first kappa shape index (κ1) is 23.3. The van der Waals surface area contributed by atoms with Crippen molar-refractivity contribution in [3.05, 3.63) is 12.1 Å². The molecule has 0 radical (unpaired) electrons. The Morgan fingerprint density at radius 3 is 1.74 bits per heavy atom. The fraction of sp³-hybridized carbons (Fsp3) is 0.650. The topological polar surface area (TPSA) is 80.3 Å². The maximum Gasteiger partial charge on any atom is 0.222 e. The molecule has 0 fully saturated rings. The molecule has 0 bridgehead atoms. The van der Waals surface area contributed by atoms with E-state index in [1.807, 2.05) is 0 Å². The van der Waals surface area contributed by atoms with Gasteiger partial charge in [0.05, 0.1) is 6.61 Å². The zero-order valence-electron chi connectivity index (χ0n) is 16.6. The minimum Gasteiger partial charge on any atom is -0.493 e. The Balaban J connectivity index is 2.28. The summed E-state index contributed by atoms with van der Waals surface area (Å²) in [6.07, 6.45) is 11.1. The van der Waals surface area contributed by atoms with Gasteiger partial charge in [0.2, 0.25) is 11.8 Å². The van der Waals surface area contributed by atoms with E-state index in [0.717, 1.165) is 18.6 Å². The van der Waals surface area contributed by atoms with E-state index in [9.17, 15) is 9.59 Å². The minimum absolute atomic E-state index is 0.223. The number of pyridine rings is 1. The van der Waals surface area contributed by atoms with E-state index in [1.165, 1.54) is 58.8 Å². The maximum atomic E-state index is 11.2. The number of hydrogen-bond acceptors (Lipinski definition) is 5. The SMILES string of the molecule is CC(=O)Nc1cc(OCCCCCCCCCCCS)cc(NC(C)=O)n1. The number of thiol groups is 1. The fourth-order valence-corrected chi connectivity index (χ4v) is 2.94. The summed E-state index contributed by atoms with van der Waals surface area (Å²) in [5.74, 6) is 1.86. The summed E-state index contributed by atoms with van der Waals surface area (Å²) in [5.41, 5.74) is 0. The number of nitrogens with zero attached hydrogens (tertiary/aromatic N) is 1. The number of aromatic nitrogens is 1. The third-order valence-electron chi connectivity index (χ3n) is 3.98. The summed E-state index contributed by atoms with van der Waals surface area (Å²) in [6, 6.07) is 3.33. The van der Waals surface area contributed by atoms with Crippen molar-refractivity contribution in [1.82, 2.24) is 4.98 Å². The molecule has 2 N–H and O–H groups in total. The van der Waals surface area contributed by atoms with Gasteiger partial charge in [0.1, 0.15) is 17.4 Å². The molecule has 0 aliphatic carbocycles. The van der Waals surface area contributed by atoms with Crippen LogP contribution in [0.3, 0.4) is 0 Å².